The first-order chi connectivity index (χ1) is 13.4. The summed E-state index contributed by atoms with van der Waals surface area (Å²) in [5, 5.41) is 3.60. The molecule has 0 aliphatic carbocycles. The van der Waals surface area contributed by atoms with Gasteiger partial charge >= 0.3 is 0 Å². The first-order valence-electron chi connectivity index (χ1n) is 10.1. The van der Waals surface area contributed by atoms with E-state index in [1.54, 1.807) is 0 Å². The zero-order valence-corrected chi connectivity index (χ0v) is 17.2. The molecule has 3 heterocycles. The van der Waals surface area contributed by atoms with E-state index in [2.05, 4.69) is 40.1 Å². The van der Waals surface area contributed by atoms with Crippen molar-refractivity contribution in [3.63, 3.8) is 0 Å². The zero-order chi connectivity index (χ0) is 19.9. The number of nitrogens with one attached hydrogen (secondary N) is 1. The van der Waals surface area contributed by atoms with Crippen molar-refractivity contribution >= 4 is 23.2 Å². The lowest BCUT2D eigenvalue weighted by Crippen LogP contribution is -2.62. The summed E-state index contributed by atoms with van der Waals surface area (Å²) < 4.78 is 0. The number of nitrogens with zero attached hydrogens (tertiary/aromatic N) is 4. The topological polar surface area (TPSA) is 61.4 Å². The molecule has 1 aromatic carbocycles. The number of aryl methyl sites for hydroxylation is 2. The summed E-state index contributed by atoms with van der Waals surface area (Å²) in [6, 6.07) is 10.1. The van der Waals surface area contributed by atoms with E-state index in [-0.39, 0.29) is 5.91 Å². The fourth-order valence-electron chi connectivity index (χ4n) is 4.32. The molecule has 1 amide bonds. The van der Waals surface area contributed by atoms with Crippen LogP contribution in [-0.4, -0.2) is 41.0 Å². The summed E-state index contributed by atoms with van der Waals surface area (Å²) >= 11 is 0. The summed E-state index contributed by atoms with van der Waals surface area (Å²) in [6.07, 6.45) is 1.48. The Balaban J connectivity index is 1.60. The van der Waals surface area contributed by atoms with Crippen molar-refractivity contribution < 1.29 is 4.79 Å². The highest BCUT2D eigenvalue weighted by Gasteiger charge is 2.48. The minimum atomic E-state index is -0.543. The Bertz CT molecular complexity index is 866. The predicted octanol–water partition coefficient (Wildman–Crippen LogP) is 3.55. The molecule has 0 saturated carbocycles. The van der Waals surface area contributed by atoms with Gasteiger partial charge in [0.15, 0.2) is 0 Å². The van der Waals surface area contributed by atoms with Crippen molar-refractivity contribution in [2.45, 2.75) is 46.1 Å². The Morgan fingerprint density at radius 2 is 1.75 bits per heavy atom. The number of amides is 1. The first-order valence-corrected chi connectivity index (χ1v) is 10.1. The Morgan fingerprint density at radius 3 is 2.39 bits per heavy atom. The number of benzene rings is 1. The van der Waals surface area contributed by atoms with Crippen LogP contribution in [0.1, 0.15) is 38.1 Å². The normalized spacial score (nSPS) is 18.4. The third-order valence-electron chi connectivity index (χ3n) is 5.64. The van der Waals surface area contributed by atoms with Crippen molar-refractivity contribution in [3.8, 4) is 0 Å². The van der Waals surface area contributed by atoms with Gasteiger partial charge in [0.05, 0.1) is 11.4 Å². The standard InChI is InChI=1S/C22H29N5O/c1-15(2)14-27-19-8-6-5-7-18(19)25-22(20(27)28)9-11-26(12-10-22)21-23-16(3)13-17(4)24-21/h5-8,13,15,25H,9-12,14H2,1-4H3. The van der Waals surface area contributed by atoms with Gasteiger partial charge in [-0.3, -0.25) is 4.79 Å². The highest BCUT2D eigenvalue weighted by molar-refractivity contribution is 6.08. The van der Waals surface area contributed by atoms with E-state index in [1.165, 1.54) is 0 Å². The van der Waals surface area contributed by atoms with Crippen molar-refractivity contribution in [1.29, 1.82) is 0 Å². The molecular weight excluding hydrogens is 350 g/mol. The number of fused-ring (bicyclic) bond motifs is 1. The first kappa shape index (κ1) is 18.7. The lowest BCUT2D eigenvalue weighted by molar-refractivity contribution is -0.124. The predicted molar refractivity (Wildman–Crippen MR) is 113 cm³/mol. The second-order valence-electron chi connectivity index (χ2n) is 8.47. The molecule has 2 aromatic rings. The van der Waals surface area contributed by atoms with E-state index in [0.29, 0.717) is 5.92 Å². The van der Waals surface area contributed by atoms with Crippen LogP contribution in [0.25, 0.3) is 0 Å². The van der Waals surface area contributed by atoms with Crippen molar-refractivity contribution in [3.05, 3.63) is 41.7 Å². The third kappa shape index (κ3) is 3.32. The van der Waals surface area contributed by atoms with Gasteiger partial charge in [0.2, 0.25) is 5.95 Å². The molecule has 1 aromatic heterocycles. The molecule has 2 aliphatic rings. The third-order valence-corrected chi connectivity index (χ3v) is 5.64. The highest BCUT2D eigenvalue weighted by atomic mass is 16.2. The summed E-state index contributed by atoms with van der Waals surface area (Å²) in [7, 11) is 0. The molecule has 6 nitrogen and oxygen atoms in total. The van der Waals surface area contributed by atoms with E-state index in [0.717, 1.165) is 61.2 Å². The Morgan fingerprint density at radius 1 is 1.11 bits per heavy atom. The van der Waals surface area contributed by atoms with Crippen LogP contribution in [0.4, 0.5) is 17.3 Å². The van der Waals surface area contributed by atoms with Crippen molar-refractivity contribution in [1.82, 2.24) is 9.97 Å². The lowest BCUT2D eigenvalue weighted by atomic mass is 9.83. The molecule has 1 fully saturated rings. The molecule has 148 valence electrons. The number of hydrogen-bond acceptors (Lipinski definition) is 5. The van der Waals surface area contributed by atoms with Gasteiger partial charge in [-0.2, -0.15) is 0 Å². The quantitative estimate of drug-likeness (QED) is 0.884. The number of para-hydroxylation sites is 2. The summed E-state index contributed by atoms with van der Waals surface area (Å²) in [6.45, 7) is 10.6. The molecule has 4 rings (SSSR count). The number of anilines is 3. The van der Waals surface area contributed by atoms with Crippen LogP contribution in [0, 0.1) is 19.8 Å². The van der Waals surface area contributed by atoms with Gasteiger partial charge in [0.1, 0.15) is 5.54 Å². The highest BCUT2D eigenvalue weighted by Crippen LogP contribution is 2.40. The maximum atomic E-state index is 13.6. The second kappa shape index (κ2) is 7.08. The molecule has 0 atom stereocenters. The van der Waals surface area contributed by atoms with Gasteiger partial charge in [-0.25, -0.2) is 9.97 Å². The Labute approximate surface area is 167 Å². The van der Waals surface area contributed by atoms with Gasteiger partial charge in [-0.15, -0.1) is 0 Å². The van der Waals surface area contributed by atoms with Gasteiger partial charge in [-0.1, -0.05) is 26.0 Å². The lowest BCUT2D eigenvalue weighted by Gasteiger charge is -2.48. The number of hydrogen-bond donors (Lipinski definition) is 1. The van der Waals surface area contributed by atoms with Crippen molar-refractivity contribution in [2.75, 3.05) is 34.8 Å². The van der Waals surface area contributed by atoms with Crippen LogP contribution >= 0.6 is 0 Å². The SMILES string of the molecule is Cc1cc(C)nc(N2CCC3(CC2)Nc2ccccc2N(CC(C)C)C3=O)n1. The smallest absolute Gasteiger partial charge is 0.252 e. The fraction of sp³-hybridized carbons (Fsp3) is 0.500. The zero-order valence-electron chi connectivity index (χ0n) is 17.2. The molecule has 28 heavy (non-hydrogen) atoms. The summed E-state index contributed by atoms with van der Waals surface area (Å²) in [4.78, 5) is 27.0. The second-order valence-corrected chi connectivity index (χ2v) is 8.47. The number of carbonyl (C=O) groups excluding carboxylic acids is 1. The minimum Gasteiger partial charge on any atom is -0.369 e. The average Bonchev–Trinajstić information content (AvgIpc) is 2.65. The van der Waals surface area contributed by atoms with Crippen LogP contribution < -0.4 is 15.1 Å². The number of rotatable bonds is 3. The largest absolute Gasteiger partial charge is 0.369 e. The number of carbonyl (C=O) groups is 1. The fourth-order valence-corrected chi connectivity index (χ4v) is 4.32. The van der Waals surface area contributed by atoms with Crippen LogP contribution in [0.5, 0.6) is 0 Å². The Kier molecular flexibility index (Phi) is 4.73. The summed E-state index contributed by atoms with van der Waals surface area (Å²) in [5.74, 6) is 1.38. The molecule has 0 bridgehead atoms. The molecular formula is C22H29N5O. The monoisotopic (exact) mass is 379 g/mol. The van der Waals surface area contributed by atoms with Gasteiger partial charge in [-0.05, 0) is 50.8 Å². The molecule has 0 unspecified atom stereocenters. The van der Waals surface area contributed by atoms with E-state index in [4.69, 9.17) is 0 Å². The number of aromatic nitrogens is 2. The minimum absolute atomic E-state index is 0.195. The van der Waals surface area contributed by atoms with Crippen LogP contribution in [0.15, 0.2) is 30.3 Å². The van der Waals surface area contributed by atoms with E-state index in [9.17, 15) is 4.79 Å². The molecule has 1 saturated heterocycles. The van der Waals surface area contributed by atoms with E-state index in [1.807, 2.05) is 43.0 Å². The van der Waals surface area contributed by atoms with Crippen LogP contribution in [-0.2, 0) is 4.79 Å². The van der Waals surface area contributed by atoms with Gasteiger partial charge < -0.3 is 15.1 Å². The maximum Gasteiger partial charge on any atom is 0.252 e. The number of piperidine rings is 1. The summed E-state index contributed by atoms with van der Waals surface area (Å²) in [5.41, 5.74) is 3.46. The molecule has 1 N–H and O–H groups in total. The molecule has 6 heteroatoms. The van der Waals surface area contributed by atoms with Crippen LogP contribution in [0.3, 0.4) is 0 Å². The Hall–Kier alpha value is -2.63. The van der Waals surface area contributed by atoms with E-state index >= 15 is 0 Å². The maximum absolute atomic E-state index is 13.6. The van der Waals surface area contributed by atoms with Gasteiger partial charge in [0, 0.05) is 31.0 Å². The van der Waals surface area contributed by atoms with Crippen LogP contribution in [0.2, 0.25) is 0 Å². The molecule has 1 spiro atoms. The molecule has 2 aliphatic heterocycles. The average molecular weight is 380 g/mol. The molecule has 0 radical (unpaired) electrons. The van der Waals surface area contributed by atoms with E-state index < -0.39 is 5.54 Å². The van der Waals surface area contributed by atoms with Crippen molar-refractivity contribution in [2.24, 2.45) is 5.92 Å². The van der Waals surface area contributed by atoms with Gasteiger partial charge in [0.25, 0.3) is 5.91 Å².